The van der Waals surface area contributed by atoms with E-state index < -0.39 is 0 Å². The average molecular weight is 314 g/mol. The fourth-order valence-electron chi connectivity index (χ4n) is 3.17. The van der Waals surface area contributed by atoms with Crippen LogP contribution in [0.2, 0.25) is 0 Å². The number of nitrogens with two attached hydrogens (primary N) is 1. The van der Waals surface area contributed by atoms with Crippen molar-refractivity contribution in [2.45, 2.75) is 26.3 Å². The van der Waals surface area contributed by atoms with Gasteiger partial charge in [-0.25, -0.2) is 4.98 Å². The number of rotatable bonds is 4. The molecule has 23 heavy (non-hydrogen) atoms. The van der Waals surface area contributed by atoms with E-state index in [1.807, 2.05) is 25.1 Å². The lowest BCUT2D eigenvalue weighted by Gasteiger charge is -2.31. The summed E-state index contributed by atoms with van der Waals surface area (Å²) in [5.74, 6) is -0.299. The van der Waals surface area contributed by atoms with Crippen LogP contribution in [-0.4, -0.2) is 40.0 Å². The van der Waals surface area contributed by atoms with Gasteiger partial charge in [0.2, 0.25) is 5.91 Å². The Hall–Kier alpha value is -2.21. The first-order valence-corrected chi connectivity index (χ1v) is 8.02. The molecule has 1 saturated heterocycles. The smallest absolute Gasteiger partial charge is 0.261 e. The summed E-state index contributed by atoms with van der Waals surface area (Å²) in [6, 6.07) is 5.71. The summed E-state index contributed by atoms with van der Waals surface area (Å²) in [6.45, 7) is 4.89. The molecule has 0 radical (unpaired) electrons. The standard InChI is InChI=1S/C17H22N4O2/c1-12-4-5-15-14(9-12)17(23)21(11-19-15)8-7-20-6-2-3-13(10-20)16(18)22/h4-5,9,11,13H,2-3,6-8,10H2,1H3,(H2,18,22)/t13-/m0/s1. The van der Waals surface area contributed by atoms with Gasteiger partial charge in [0.25, 0.3) is 5.56 Å². The summed E-state index contributed by atoms with van der Waals surface area (Å²) in [7, 11) is 0. The first-order chi connectivity index (χ1) is 11.0. The van der Waals surface area contributed by atoms with Crippen LogP contribution in [0.25, 0.3) is 10.9 Å². The highest BCUT2D eigenvalue weighted by molar-refractivity contribution is 5.78. The Morgan fingerprint density at radius 2 is 2.22 bits per heavy atom. The molecule has 122 valence electrons. The number of benzene rings is 1. The molecule has 2 aromatic rings. The third-order valence-corrected chi connectivity index (χ3v) is 4.54. The first kappa shape index (κ1) is 15.7. The second-order valence-electron chi connectivity index (χ2n) is 6.31. The molecule has 2 N–H and O–H groups in total. The summed E-state index contributed by atoms with van der Waals surface area (Å²) in [5, 5.41) is 0.654. The molecule has 0 bridgehead atoms. The fourth-order valence-corrected chi connectivity index (χ4v) is 3.17. The van der Waals surface area contributed by atoms with E-state index in [1.165, 1.54) is 0 Å². The highest BCUT2D eigenvalue weighted by Gasteiger charge is 2.23. The van der Waals surface area contributed by atoms with Crippen LogP contribution in [0.1, 0.15) is 18.4 Å². The highest BCUT2D eigenvalue weighted by atomic mass is 16.1. The number of aryl methyl sites for hydroxylation is 1. The van der Waals surface area contributed by atoms with Crippen molar-refractivity contribution in [1.82, 2.24) is 14.5 Å². The van der Waals surface area contributed by atoms with Crippen molar-refractivity contribution in [3.63, 3.8) is 0 Å². The zero-order chi connectivity index (χ0) is 16.4. The Balaban J connectivity index is 1.73. The van der Waals surface area contributed by atoms with E-state index in [4.69, 9.17) is 5.73 Å². The van der Waals surface area contributed by atoms with Crippen molar-refractivity contribution in [3.05, 3.63) is 40.4 Å². The summed E-state index contributed by atoms with van der Waals surface area (Å²) < 4.78 is 1.65. The Bertz CT molecular complexity index is 784. The van der Waals surface area contributed by atoms with E-state index in [2.05, 4.69) is 9.88 Å². The van der Waals surface area contributed by atoms with Crippen LogP contribution in [0.15, 0.2) is 29.3 Å². The van der Waals surface area contributed by atoms with Gasteiger partial charge < -0.3 is 10.6 Å². The number of carbonyl (C=O) groups is 1. The minimum Gasteiger partial charge on any atom is -0.369 e. The number of hydrogen-bond acceptors (Lipinski definition) is 4. The second-order valence-corrected chi connectivity index (χ2v) is 6.31. The predicted octanol–water partition coefficient (Wildman–Crippen LogP) is 0.902. The zero-order valence-electron chi connectivity index (χ0n) is 13.4. The monoisotopic (exact) mass is 314 g/mol. The maximum absolute atomic E-state index is 12.6. The summed E-state index contributed by atoms with van der Waals surface area (Å²) in [5.41, 5.74) is 7.17. The van der Waals surface area contributed by atoms with Crippen molar-refractivity contribution in [3.8, 4) is 0 Å². The molecule has 1 aliphatic heterocycles. The molecule has 1 amide bonds. The van der Waals surface area contributed by atoms with Crippen molar-refractivity contribution < 1.29 is 4.79 Å². The molecular weight excluding hydrogens is 292 g/mol. The van der Waals surface area contributed by atoms with Crippen LogP contribution in [0.5, 0.6) is 0 Å². The van der Waals surface area contributed by atoms with Crippen LogP contribution < -0.4 is 11.3 Å². The Kier molecular flexibility index (Phi) is 4.43. The van der Waals surface area contributed by atoms with Gasteiger partial charge in [0.15, 0.2) is 0 Å². The topological polar surface area (TPSA) is 81.2 Å². The van der Waals surface area contributed by atoms with Gasteiger partial charge in [-0.3, -0.25) is 14.2 Å². The highest BCUT2D eigenvalue weighted by Crippen LogP contribution is 2.15. The van der Waals surface area contributed by atoms with E-state index in [9.17, 15) is 9.59 Å². The van der Waals surface area contributed by atoms with Gasteiger partial charge in [0, 0.05) is 19.6 Å². The number of hydrogen-bond donors (Lipinski definition) is 1. The number of fused-ring (bicyclic) bond motifs is 1. The van der Waals surface area contributed by atoms with Crippen molar-refractivity contribution >= 4 is 16.8 Å². The predicted molar refractivity (Wildman–Crippen MR) is 89.1 cm³/mol. The van der Waals surface area contributed by atoms with Gasteiger partial charge in [0.05, 0.1) is 23.1 Å². The molecule has 0 saturated carbocycles. The maximum Gasteiger partial charge on any atom is 0.261 e. The van der Waals surface area contributed by atoms with Crippen LogP contribution in [0.4, 0.5) is 0 Å². The SMILES string of the molecule is Cc1ccc2ncn(CCN3CCC[C@H](C(N)=O)C3)c(=O)c2c1. The molecule has 3 rings (SSSR count). The van der Waals surface area contributed by atoms with Crippen LogP contribution in [0.3, 0.4) is 0 Å². The van der Waals surface area contributed by atoms with E-state index in [-0.39, 0.29) is 17.4 Å². The number of aromatic nitrogens is 2. The minimum atomic E-state index is -0.227. The molecule has 1 atom stereocenters. The minimum absolute atomic E-state index is 0.0119. The molecule has 1 aromatic heterocycles. The fraction of sp³-hybridized carbons (Fsp3) is 0.471. The van der Waals surface area contributed by atoms with E-state index >= 15 is 0 Å². The molecule has 6 heteroatoms. The van der Waals surface area contributed by atoms with Gasteiger partial charge in [-0.05, 0) is 38.4 Å². The molecule has 1 aromatic carbocycles. The zero-order valence-corrected chi connectivity index (χ0v) is 13.4. The Morgan fingerprint density at radius 3 is 3.00 bits per heavy atom. The average Bonchev–Trinajstić information content (AvgIpc) is 2.55. The normalized spacial score (nSPS) is 19.1. The number of nitrogens with zero attached hydrogens (tertiary/aromatic N) is 3. The summed E-state index contributed by atoms with van der Waals surface area (Å²) >= 11 is 0. The Labute approximate surface area is 134 Å². The molecule has 1 fully saturated rings. The van der Waals surface area contributed by atoms with Gasteiger partial charge in [-0.2, -0.15) is 0 Å². The largest absolute Gasteiger partial charge is 0.369 e. The molecule has 0 unspecified atom stereocenters. The van der Waals surface area contributed by atoms with Gasteiger partial charge >= 0.3 is 0 Å². The van der Waals surface area contributed by atoms with Gasteiger partial charge in [0.1, 0.15) is 0 Å². The second kappa shape index (κ2) is 6.50. The van der Waals surface area contributed by atoms with Gasteiger partial charge in [-0.1, -0.05) is 11.6 Å². The molecule has 0 spiro atoms. The van der Waals surface area contributed by atoms with E-state index in [1.54, 1.807) is 10.9 Å². The number of likely N-dealkylation sites (tertiary alicyclic amines) is 1. The quantitative estimate of drug-likeness (QED) is 0.909. The lowest BCUT2D eigenvalue weighted by Crippen LogP contribution is -2.42. The lowest BCUT2D eigenvalue weighted by atomic mass is 9.97. The van der Waals surface area contributed by atoms with Crippen LogP contribution in [-0.2, 0) is 11.3 Å². The summed E-state index contributed by atoms with van der Waals surface area (Å²) in [6.07, 6.45) is 3.44. The summed E-state index contributed by atoms with van der Waals surface area (Å²) in [4.78, 5) is 30.5. The molecular formula is C17H22N4O2. The third kappa shape index (κ3) is 3.42. The Morgan fingerprint density at radius 1 is 1.39 bits per heavy atom. The van der Waals surface area contributed by atoms with Crippen molar-refractivity contribution in [2.24, 2.45) is 11.7 Å². The van der Waals surface area contributed by atoms with Crippen molar-refractivity contribution in [1.29, 1.82) is 0 Å². The van der Waals surface area contributed by atoms with E-state index in [0.29, 0.717) is 18.5 Å². The molecule has 0 aliphatic carbocycles. The molecule has 1 aliphatic rings. The van der Waals surface area contributed by atoms with Gasteiger partial charge in [-0.15, -0.1) is 0 Å². The maximum atomic E-state index is 12.6. The van der Waals surface area contributed by atoms with Crippen molar-refractivity contribution in [2.75, 3.05) is 19.6 Å². The number of carbonyl (C=O) groups excluding carboxylic acids is 1. The lowest BCUT2D eigenvalue weighted by molar-refractivity contribution is -0.123. The molecule has 2 heterocycles. The van der Waals surface area contributed by atoms with Crippen LogP contribution in [0, 0.1) is 12.8 Å². The number of primary amides is 1. The van der Waals surface area contributed by atoms with Crippen LogP contribution >= 0.6 is 0 Å². The first-order valence-electron chi connectivity index (χ1n) is 8.02. The number of amides is 1. The third-order valence-electron chi connectivity index (χ3n) is 4.54. The molecule has 6 nitrogen and oxygen atoms in total. The number of piperidine rings is 1. The van der Waals surface area contributed by atoms with E-state index in [0.717, 1.165) is 37.0 Å².